The Labute approximate surface area is 146 Å². The molecule has 0 bridgehead atoms. The minimum absolute atomic E-state index is 0.142. The molecule has 2 amide bonds. The van der Waals surface area contributed by atoms with Crippen molar-refractivity contribution in [1.29, 1.82) is 0 Å². The summed E-state index contributed by atoms with van der Waals surface area (Å²) in [6.07, 6.45) is 1.72. The number of rotatable bonds is 3. The molecule has 5 nitrogen and oxygen atoms in total. The zero-order valence-corrected chi connectivity index (χ0v) is 14.7. The summed E-state index contributed by atoms with van der Waals surface area (Å²) < 4.78 is 0. The van der Waals surface area contributed by atoms with Crippen molar-refractivity contribution >= 4 is 23.8 Å². The van der Waals surface area contributed by atoms with Crippen LogP contribution in [-0.2, 0) is 11.2 Å². The Morgan fingerprint density at radius 1 is 1.33 bits per heavy atom. The highest BCUT2D eigenvalue weighted by atomic mass is 32.2. The van der Waals surface area contributed by atoms with Gasteiger partial charge < -0.3 is 15.3 Å². The lowest BCUT2D eigenvalue weighted by Crippen LogP contribution is -2.50. The van der Waals surface area contributed by atoms with E-state index in [9.17, 15) is 14.7 Å². The predicted molar refractivity (Wildman–Crippen MR) is 95.2 cm³/mol. The number of likely N-dealkylation sites (tertiary alicyclic amines) is 1. The molecule has 3 unspecified atom stereocenters. The maximum Gasteiger partial charge on any atom is 0.317 e. The van der Waals surface area contributed by atoms with Gasteiger partial charge in [0.1, 0.15) is 0 Å². The molecular weight excluding hydrogens is 324 g/mol. The van der Waals surface area contributed by atoms with Crippen LogP contribution in [0.3, 0.4) is 0 Å². The van der Waals surface area contributed by atoms with Gasteiger partial charge in [0.2, 0.25) is 0 Å². The number of hydrogen-bond donors (Lipinski definition) is 2. The average molecular weight is 348 g/mol. The van der Waals surface area contributed by atoms with Gasteiger partial charge in [-0.15, -0.1) is 0 Å². The normalized spacial score (nSPS) is 26.5. The Kier molecular flexibility index (Phi) is 5.33. The van der Waals surface area contributed by atoms with Crippen molar-refractivity contribution in [1.82, 2.24) is 10.2 Å². The third kappa shape index (κ3) is 3.86. The zero-order valence-electron chi connectivity index (χ0n) is 13.9. The molecule has 0 aromatic heterocycles. The lowest BCUT2D eigenvalue weighted by atomic mass is 9.91. The Balaban J connectivity index is 1.59. The largest absolute Gasteiger partial charge is 0.481 e. The Morgan fingerprint density at radius 3 is 2.92 bits per heavy atom. The average Bonchev–Trinajstić information content (AvgIpc) is 2.59. The van der Waals surface area contributed by atoms with Gasteiger partial charge in [-0.1, -0.05) is 31.2 Å². The number of carbonyl (C=O) groups is 2. The first kappa shape index (κ1) is 17.1. The van der Waals surface area contributed by atoms with E-state index < -0.39 is 11.9 Å². The number of nitrogens with one attached hydrogen (secondary N) is 1. The Morgan fingerprint density at radius 2 is 2.12 bits per heavy atom. The third-order valence-electron chi connectivity index (χ3n) is 4.83. The Hall–Kier alpha value is -1.69. The van der Waals surface area contributed by atoms with Crippen LogP contribution in [-0.4, -0.2) is 47.4 Å². The molecule has 0 radical (unpaired) electrons. The second-order valence-corrected chi connectivity index (χ2v) is 8.09. The summed E-state index contributed by atoms with van der Waals surface area (Å²) in [6, 6.07) is 8.26. The molecule has 2 aliphatic rings. The zero-order chi connectivity index (χ0) is 17.1. The number of urea groups is 1. The number of carboxylic acid groups (broad SMARTS) is 1. The van der Waals surface area contributed by atoms with Crippen LogP contribution in [0.25, 0.3) is 0 Å². The Bertz CT molecular complexity index is 622. The summed E-state index contributed by atoms with van der Waals surface area (Å²) in [7, 11) is 0. The molecular formula is C18H24N2O3S. The van der Waals surface area contributed by atoms with Crippen LogP contribution in [0.2, 0.25) is 0 Å². The second kappa shape index (κ2) is 7.47. The maximum atomic E-state index is 12.5. The molecule has 1 aromatic carbocycles. The molecule has 1 saturated heterocycles. The van der Waals surface area contributed by atoms with Crippen molar-refractivity contribution in [2.75, 3.05) is 25.4 Å². The molecule has 2 aliphatic heterocycles. The minimum atomic E-state index is -0.809. The topological polar surface area (TPSA) is 69.6 Å². The second-order valence-electron chi connectivity index (χ2n) is 6.78. The van der Waals surface area contributed by atoms with Crippen molar-refractivity contribution < 1.29 is 14.7 Å². The van der Waals surface area contributed by atoms with Gasteiger partial charge in [0.25, 0.3) is 0 Å². The van der Waals surface area contributed by atoms with E-state index in [0.29, 0.717) is 26.1 Å². The lowest BCUT2D eigenvalue weighted by Gasteiger charge is -2.35. The summed E-state index contributed by atoms with van der Waals surface area (Å²) in [6.45, 7) is 3.52. The van der Waals surface area contributed by atoms with E-state index in [1.807, 2.05) is 24.8 Å². The molecule has 0 saturated carbocycles. The molecule has 3 atom stereocenters. The van der Waals surface area contributed by atoms with E-state index in [0.717, 1.165) is 12.2 Å². The van der Waals surface area contributed by atoms with Gasteiger partial charge in [-0.2, -0.15) is 11.8 Å². The van der Waals surface area contributed by atoms with Crippen molar-refractivity contribution in [2.45, 2.75) is 25.0 Å². The first-order valence-electron chi connectivity index (χ1n) is 8.49. The van der Waals surface area contributed by atoms with Gasteiger partial charge in [-0.05, 0) is 35.6 Å². The number of aliphatic carboxylic acids is 1. The highest BCUT2D eigenvalue weighted by molar-refractivity contribution is 7.99. The number of carbonyl (C=O) groups excluding carboxylic acids is 1. The summed E-state index contributed by atoms with van der Waals surface area (Å²) in [4.78, 5) is 25.4. The summed E-state index contributed by atoms with van der Waals surface area (Å²) in [5, 5.41) is 12.5. The molecule has 2 heterocycles. The molecule has 6 heteroatoms. The number of carboxylic acids is 1. The number of benzene rings is 1. The fraction of sp³-hybridized carbons (Fsp3) is 0.556. The van der Waals surface area contributed by atoms with Gasteiger partial charge >= 0.3 is 12.0 Å². The number of hydrogen-bond acceptors (Lipinski definition) is 3. The SMILES string of the molecule is CC1CC(C(=O)O)CN(C(=O)NCC2SCCc3ccccc32)C1. The molecule has 24 heavy (non-hydrogen) atoms. The van der Waals surface area contributed by atoms with Crippen LogP contribution in [0, 0.1) is 11.8 Å². The first-order chi connectivity index (χ1) is 11.5. The third-order valence-corrected chi connectivity index (χ3v) is 6.09. The van der Waals surface area contributed by atoms with Crippen LogP contribution in [0.5, 0.6) is 0 Å². The fourth-order valence-electron chi connectivity index (χ4n) is 3.63. The van der Waals surface area contributed by atoms with Crippen LogP contribution in [0.1, 0.15) is 29.7 Å². The first-order valence-corrected chi connectivity index (χ1v) is 9.54. The molecule has 1 aromatic rings. The smallest absolute Gasteiger partial charge is 0.317 e. The number of fused-ring (bicyclic) bond motifs is 1. The van der Waals surface area contributed by atoms with E-state index >= 15 is 0 Å². The van der Waals surface area contributed by atoms with E-state index in [2.05, 4.69) is 23.5 Å². The number of amides is 2. The fourth-order valence-corrected chi connectivity index (χ4v) is 4.87. The number of aryl methyl sites for hydroxylation is 1. The summed E-state index contributed by atoms with van der Waals surface area (Å²) >= 11 is 1.87. The summed E-state index contributed by atoms with van der Waals surface area (Å²) in [5.74, 6) is 0.0233. The van der Waals surface area contributed by atoms with Crippen molar-refractivity contribution in [3.63, 3.8) is 0 Å². The summed E-state index contributed by atoms with van der Waals surface area (Å²) in [5.41, 5.74) is 2.68. The standard InChI is InChI=1S/C18H24N2O3S/c1-12-8-14(17(21)22)11-20(10-12)18(23)19-9-16-15-5-3-2-4-13(15)6-7-24-16/h2-5,12,14,16H,6-11H2,1H3,(H,19,23)(H,21,22). The molecule has 3 rings (SSSR count). The van der Waals surface area contributed by atoms with Crippen LogP contribution in [0.4, 0.5) is 4.79 Å². The highest BCUT2D eigenvalue weighted by Gasteiger charge is 2.32. The quantitative estimate of drug-likeness (QED) is 0.881. The van der Waals surface area contributed by atoms with E-state index in [1.54, 1.807) is 4.90 Å². The number of piperidine rings is 1. The molecule has 0 aliphatic carbocycles. The molecule has 0 spiro atoms. The van der Waals surface area contributed by atoms with Gasteiger partial charge in [0.15, 0.2) is 0 Å². The van der Waals surface area contributed by atoms with Gasteiger partial charge in [-0.25, -0.2) is 4.79 Å². The van der Waals surface area contributed by atoms with Crippen molar-refractivity contribution in [3.8, 4) is 0 Å². The molecule has 1 fully saturated rings. The monoisotopic (exact) mass is 348 g/mol. The van der Waals surface area contributed by atoms with Crippen LogP contribution in [0.15, 0.2) is 24.3 Å². The number of nitrogens with zero attached hydrogens (tertiary/aromatic N) is 1. The van der Waals surface area contributed by atoms with Gasteiger partial charge in [0.05, 0.1) is 5.92 Å². The maximum absolute atomic E-state index is 12.5. The molecule has 2 N–H and O–H groups in total. The van der Waals surface area contributed by atoms with Gasteiger partial charge in [-0.3, -0.25) is 4.79 Å². The minimum Gasteiger partial charge on any atom is -0.481 e. The van der Waals surface area contributed by atoms with Crippen molar-refractivity contribution in [3.05, 3.63) is 35.4 Å². The number of thioether (sulfide) groups is 1. The van der Waals surface area contributed by atoms with Crippen LogP contribution >= 0.6 is 11.8 Å². The van der Waals surface area contributed by atoms with E-state index in [-0.39, 0.29) is 17.2 Å². The van der Waals surface area contributed by atoms with Crippen molar-refractivity contribution in [2.24, 2.45) is 11.8 Å². The molecule has 130 valence electrons. The predicted octanol–water partition coefficient (Wildman–Crippen LogP) is 2.77. The van der Waals surface area contributed by atoms with E-state index in [1.165, 1.54) is 11.1 Å². The van der Waals surface area contributed by atoms with Crippen LogP contribution < -0.4 is 5.32 Å². The van der Waals surface area contributed by atoms with E-state index in [4.69, 9.17) is 0 Å². The highest BCUT2D eigenvalue weighted by Crippen LogP contribution is 2.36. The van der Waals surface area contributed by atoms with Gasteiger partial charge in [0, 0.05) is 24.9 Å². The lowest BCUT2D eigenvalue weighted by molar-refractivity contribution is -0.143.